The van der Waals surface area contributed by atoms with E-state index >= 15 is 0 Å². The van der Waals surface area contributed by atoms with Crippen LogP contribution in [0.3, 0.4) is 0 Å². The monoisotopic (exact) mass is 619 g/mol. The second-order valence-electron chi connectivity index (χ2n) is 9.51. The van der Waals surface area contributed by atoms with E-state index in [4.69, 9.17) is 27.9 Å². The summed E-state index contributed by atoms with van der Waals surface area (Å²) in [6.07, 6.45) is 1.04. The van der Waals surface area contributed by atoms with Crippen LogP contribution in [0.15, 0.2) is 71.6 Å². The van der Waals surface area contributed by atoms with Crippen LogP contribution in [0.2, 0.25) is 10.0 Å². The average Bonchev–Trinajstić information content (AvgIpc) is 2.96. The number of halogens is 2. The molecular weight excluding hydrogens is 585 g/mol. The Morgan fingerprint density at radius 2 is 1.71 bits per heavy atom. The lowest BCUT2D eigenvalue weighted by molar-refractivity contribution is -0.140. The van der Waals surface area contributed by atoms with Gasteiger partial charge < -0.3 is 15.0 Å². The zero-order valence-electron chi connectivity index (χ0n) is 23.6. The van der Waals surface area contributed by atoms with Gasteiger partial charge in [0.2, 0.25) is 11.8 Å². The Labute approximate surface area is 252 Å². The molecule has 0 fully saturated rings. The summed E-state index contributed by atoms with van der Waals surface area (Å²) in [5, 5.41) is 3.21. The molecule has 1 N–H and O–H groups in total. The molecule has 0 unspecified atom stereocenters. The molecule has 11 heteroatoms. The summed E-state index contributed by atoms with van der Waals surface area (Å²) in [5.41, 5.74) is 1.65. The molecule has 0 saturated heterocycles. The predicted octanol–water partition coefficient (Wildman–Crippen LogP) is 5.84. The third kappa shape index (κ3) is 8.15. The number of sulfonamides is 1. The number of benzene rings is 3. The number of hydrogen-bond donors (Lipinski definition) is 1. The highest BCUT2D eigenvalue weighted by Gasteiger charge is 2.34. The molecule has 0 radical (unpaired) electrons. The highest BCUT2D eigenvalue weighted by molar-refractivity contribution is 7.92. The molecule has 41 heavy (non-hydrogen) atoms. The molecule has 0 aromatic heterocycles. The minimum absolute atomic E-state index is 0.0148. The molecule has 0 aliphatic carbocycles. The Morgan fingerprint density at radius 3 is 2.34 bits per heavy atom. The molecule has 0 bridgehead atoms. The molecule has 0 aliphatic heterocycles. The number of amides is 2. The van der Waals surface area contributed by atoms with Gasteiger partial charge in [-0.05, 0) is 67.8 Å². The summed E-state index contributed by atoms with van der Waals surface area (Å²) in [4.78, 5) is 28.7. The van der Waals surface area contributed by atoms with E-state index in [-0.39, 0.29) is 33.1 Å². The van der Waals surface area contributed by atoms with Gasteiger partial charge in [0, 0.05) is 18.1 Å². The molecule has 3 rings (SSSR count). The van der Waals surface area contributed by atoms with Crippen LogP contribution in [0.1, 0.15) is 37.8 Å². The van der Waals surface area contributed by atoms with Crippen LogP contribution in [-0.4, -0.2) is 51.4 Å². The SMILES string of the molecule is CCCNC(=O)[C@H](CC)N(Cc1cccc(OC)c1)C(=O)CN(c1cc(Cl)ccc1Cl)S(=O)(=O)c1ccc(C)cc1. The number of aryl methyl sites for hydroxylation is 1. The first-order valence-corrected chi connectivity index (χ1v) is 15.5. The van der Waals surface area contributed by atoms with Gasteiger partial charge in [0.1, 0.15) is 18.3 Å². The van der Waals surface area contributed by atoms with Gasteiger partial charge in [-0.1, -0.05) is 66.9 Å². The number of rotatable bonds is 13. The third-order valence-corrected chi connectivity index (χ3v) is 8.82. The van der Waals surface area contributed by atoms with E-state index in [0.717, 1.165) is 16.3 Å². The molecule has 0 aliphatic rings. The van der Waals surface area contributed by atoms with Crippen LogP contribution < -0.4 is 14.4 Å². The molecule has 0 heterocycles. The summed E-state index contributed by atoms with van der Waals surface area (Å²) >= 11 is 12.7. The smallest absolute Gasteiger partial charge is 0.264 e. The van der Waals surface area contributed by atoms with E-state index in [9.17, 15) is 18.0 Å². The first-order chi connectivity index (χ1) is 19.5. The molecule has 2 amide bonds. The van der Waals surface area contributed by atoms with Crippen molar-refractivity contribution in [1.82, 2.24) is 10.2 Å². The van der Waals surface area contributed by atoms with Crippen molar-refractivity contribution in [3.8, 4) is 5.75 Å². The first-order valence-electron chi connectivity index (χ1n) is 13.3. The summed E-state index contributed by atoms with van der Waals surface area (Å²) < 4.78 is 34.2. The van der Waals surface area contributed by atoms with Crippen LogP contribution in [0.25, 0.3) is 0 Å². The van der Waals surface area contributed by atoms with Crippen molar-refractivity contribution in [2.24, 2.45) is 0 Å². The topological polar surface area (TPSA) is 96.0 Å². The van der Waals surface area contributed by atoms with E-state index < -0.39 is 28.5 Å². The molecule has 0 saturated carbocycles. The van der Waals surface area contributed by atoms with E-state index in [0.29, 0.717) is 24.3 Å². The molecule has 220 valence electrons. The van der Waals surface area contributed by atoms with E-state index in [2.05, 4.69) is 5.32 Å². The van der Waals surface area contributed by atoms with Crippen molar-refractivity contribution in [2.45, 2.75) is 51.1 Å². The van der Waals surface area contributed by atoms with Crippen LogP contribution in [0, 0.1) is 6.92 Å². The molecule has 1 atom stereocenters. The van der Waals surface area contributed by atoms with Crippen LogP contribution in [0.5, 0.6) is 5.75 Å². The highest BCUT2D eigenvalue weighted by atomic mass is 35.5. The zero-order valence-corrected chi connectivity index (χ0v) is 25.9. The van der Waals surface area contributed by atoms with Crippen molar-refractivity contribution in [3.63, 3.8) is 0 Å². The van der Waals surface area contributed by atoms with E-state index in [1.54, 1.807) is 37.3 Å². The Balaban J connectivity index is 2.10. The number of hydrogen-bond acceptors (Lipinski definition) is 5. The number of nitrogens with zero attached hydrogens (tertiary/aromatic N) is 2. The first kappa shape index (κ1) is 32.2. The Kier molecular flexibility index (Phi) is 11.5. The number of anilines is 1. The number of nitrogens with one attached hydrogen (secondary N) is 1. The number of ether oxygens (including phenoxy) is 1. The summed E-state index contributed by atoms with van der Waals surface area (Å²) in [5.74, 6) is -0.315. The summed E-state index contributed by atoms with van der Waals surface area (Å²) in [6, 6.07) is 17.0. The average molecular weight is 621 g/mol. The lowest BCUT2D eigenvalue weighted by Gasteiger charge is -2.33. The minimum Gasteiger partial charge on any atom is -0.497 e. The van der Waals surface area contributed by atoms with Gasteiger partial charge in [-0.3, -0.25) is 13.9 Å². The zero-order chi connectivity index (χ0) is 30.2. The fourth-order valence-corrected chi connectivity index (χ4v) is 6.14. The standard InChI is InChI=1S/C30H35Cl2N3O5S/c1-5-16-33-30(37)27(6-2)34(19-22-8-7-9-24(17-22)40-4)29(36)20-35(28-18-23(31)12-15-26(28)32)41(38,39)25-13-10-21(3)11-14-25/h7-15,17-18,27H,5-6,16,19-20H2,1-4H3,(H,33,37)/t27-/m0/s1. The second-order valence-corrected chi connectivity index (χ2v) is 12.2. The van der Waals surface area contributed by atoms with Gasteiger partial charge in [-0.15, -0.1) is 0 Å². The van der Waals surface area contributed by atoms with Gasteiger partial charge in [0.25, 0.3) is 10.0 Å². The van der Waals surface area contributed by atoms with Crippen LogP contribution in [0.4, 0.5) is 5.69 Å². The maximum Gasteiger partial charge on any atom is 0.264 e. The van der Waals surface area contributed by atoms with Gasteiger partial charge in [0.15, 0.2) is 0 Å². The van der Waals surface area contributed by atoms with Crippen LogP contribution in [-0.2, 0) is 26.2 Å². The lowest BCUT2D eigenvalue weighted by Crippen LogP contribution is -2.52. The van der Waals surface area contributed by atoms with E-state index in [1.807, 2.05) is 19.9 Å². The number of carbonyl (C=O) groups is 2. The van der Waals surface area contributed by atoms with Crippen molar-refractivity contribution < 1.29 is 22.7 Å². The Morgan fingerprint density at radius 1 is 1.00 bits per heavy atom. The largest absolute Gasteiger partial charge is 0.497 e. The molecule has 8 nitrogen and oxygen atoms in total. The third-order valence-electron chi connectivity index (χ3n) is 6.49. The van der Waals surface area contributed by atoms with Gasteiger partial charge in [0.05, 0.1) is 22.7 Å². The normalized spacial score (nSPS) is 12.0. The minimum atomic E-state index is -4.27. The molecular formula is C30H35Cl2N3O5S. The fraction of sp³-hybridized carbons (Fsp3) is 0.333. The van der Waals surface area contributed by atoms with Gasteiger partial charge in [-0.25, -0.2) is 8.42 Å². The Hall–Kier alpha value is -3.27. The van der Waals surface area contributed by atoms with Crippen molar-refractivity contribution in [3.05, 3.63) is 87.9 Å². The highest BCUT2D eigenvalue weighted by Crippen LogP contribution is 2.33. The second kappa shape index (κ2) is 14.6. The molecule has 0 spiro atoms. The quantitative estimate of drug-likeness (QED) is 0.259. The van der Waals surface area contributed by atoms with Crippen molar-refractivity contribution in [1.29, 1.82) is 0 Å². The molecule has 3 aromatic carbocycles. The van der Waals surface area contributed by atoms with Gasteiger partial charge >= 0.3 is 0 Å². The number of methoxy groups -OCH3 is 1. The maximum absolute atomic E-state index is 14.1. The fourth-order valence-electron chi connectivity index (χ4n) is 4.28. The predicted molar refractivity (Wildman–Crippen MR) is 163 cm³/mol. The summed E-state index contributed by atoms with van der Waals surface area (Å²) in [6.45, 7) is 5.46. The van der Waals surface area contributed by atoms with Crippen molar-refractivity contribution >= 4 is 50.7 Å². The van der Waals surface area contributed by atoms with Crippen LogP contribution >= 0.6 is 23.2 Å². The number of carbonyl (C=O) groups excluding carboxylic acids is 2. The maximum atomic E-state index is 14.1. The molecule has 3 aromatic rings. The lowest BCUT2D eigenvalue weighted by atomic mass is 10.1. The summed E-state index contributed by atoms with van der Waals surface area (Å²) in [7, 11) is -2.73. The van der Waals surface area contributed by atoms with Gasteiger partial charge in [-0.2, -0.15) is 0 Å². The van der Waals surface area contributed by atoms with E-state index in [1.165, 1.54) is 42.3 Å². The Bertz CT molecular complexity index is 1470. The van der Waals surface area contributed by atoms with Crippen molar-refractivity contribution in [2.75, 3.05) is 24.5 Å².